The lowest BCUT2D eigenvalue weighted by molar-refractivity contribution is -0.138. The summed E-state index contributed by atoms with van der Waals surface area (Å²) in [5, 5.41) is 7.10. The third-order valence-electron chi connectivity index (χ3n) is 4.57. The molecular formula is C18H25N5O2. The summed E-state index contributed by atoms with van der Waals surface area (Å²) in [7, 11) is 3.92. The van der Waals surface area contributed by atoms with Gasteiger partial charge in [0.1, 0.15) is 11.9 Å². The molecule has 25 heavy (non-hydrogen) atoms. The number of carbonyl (C=O) groups excluding carboxylic acids is 1. The number of carbonyl (C=O) groups is 1. The van der Waals surface area contributed by atoms with E-state index in [4.69, 9.17) is 4.74 Å². The highest BCUT2D eigenvalue weighted by Crippen LogP contribution is 2.23. The molecule has 0 aliphatic carbocycles. The minimum Gasteiger partial charge on any atom is -0.368 e. The summed E-state index contributed by atoms with van der Waals surface area (Å²) in [5.74, 6) is 0.985. The lowest BCUT2D eigenvalue weighted by Crippen LogP contribution is -2.43. The van der Waals surface area contributed by atoms with Crippen molar-refractivity contribution in [2.45, 2.75) is 26.4 Å². The van der Waals surface area contributed by atoms with Crippen LogP contribution >= 0.6 is 0 Å². The molecule has 0 spiro atoms. The number of ether oxygens (including phenoxy) is 1. The summed E-state index contributed by atoms with van der Waals surface area (Å²) < 4.78 is 5.87. The summed E-state index contributed by atoms with van der Waals surface area (Å²) in [6.45, 7) is 5.53. The van der Waals surface area contributed by atoms with Crippen molar-refractivity contribution in [1.82, 2.24) is 20.1 Å². The molecule has 0 aromatic carbocycles. The Morgan fingerprint density at radius 3 is 2.88 bits per heavy atom. The number of morpholine rings is 1. The molecule has 1 fully saturated rings. The van der Waals surface area contributed by atoms with Crippen molar-refractivity contribution in [2.75, 3.05) is 38.7 Å². The topological polar surface area (TPSA) is 74.3 Å². The van der Waals surface area contributed by atoms with Gasteiger partial charge in [-0.05, 0) is 26.0 Å². The average molecular weight is 343 g/mol. The first-order chi connectivity index (χ1) is 12.0. The van der Waals surface area contributed by atoms with Crippen molar-refractivity contribution in [3.05, 3.63) is 40.8 Å². The van der Waals surface area contributed by atoms with E-state index < -0.39 is 0 Å². The Kier molecular flexibility index (Phi) is 5.03. The molecule has 3 rings (SSSR count). The smallest absolute Gasteiger partial charge is 0.227 e. The van der Waals surface area contributed by atoms with Crippen molar-refractivity contribution < 1.29 is 9.53 Å². The van der Waals surface area contributed by atoms with Crippen molar-refractivity contribution >= 4 is 11.7 Å². The van der Waals surface area contributed by atoms with Crippen LogP contribution in [0.3, 0.4) is 0 Å². The van der Waals surface area contributed by atoms with E-state index in [0.29, 0.717) is 26.1 Å². The number of amides is 1. The van der Waals surface area contributed by atoms with Gasteiger partial charge in [-0.1, -0.05) is 6.07 Å². The van der Waals surface area contributed by atoms with Gasteiger partial charge in [0.05, 0.1) is 31.0 Å². The molecule has 0 bridgehead atoms. The fourth-order valence-corrected chi connectivity index (χ4v) is 3.02. The predicted molar refractivity (Wildman–Crippen MR) is 95.6 cm³/mol. The Balaban J connectivity index is 1.70. The quantitative estimate of drug-likeness (QED) is 0.913. The highest BCUT2D eigenvalue weighted by atomic mass is 16.5. The summed E-state index contributed by atoms with van der Waals surface area (Å²) in [4.78, 5) is 21.2. The molecule has 7 nitrogen and oxygen atoms in total. The molecule has 2 aromatic rings. The van der Waals surface area contributed by atoms with Crippen molar-refractivity contribution in [1.29, 1.82) is 0 Å². The second-order valence-corrected chi connectivity index (χ2v) is 6.60. The molecule has 134 valence electrons. The van der Waals surface area contributed by atoms with Crippen LogP contribution in [-0.4, -0.2) is 59.8 Å². The number of nitrogens with one attached hydrogen (secondary N) is 1. The van der Waals surface area contributed by atoms with Gasteiger partial charge in [-0.3, -0.25) is 9.89 Å². The highest BCUT2D eigenvalue weighted by molar-refractivity contribution is 5.79. The molecule has 1 N–H and O–H groups in total. The molecule has 1 amide bonds. The fraction of sp³-hybridized carbons (Fsp3) is 0.500. The SMILES string of the molecule is Cc1n[nH]c(C)c1CC(=O)N1CCO[C@H](c2cccc(N(C)C)n2)C1. The van der Waals surface area contributed by atoms with Gasteiger partial charge in [0.15, 0.2) is 0 Å². The largest absolute Gasteiger partial charge is 0.368 e. The van der Waals surface area contributed by atoms with E-state index in [1.54, 1.807) is 0 Å². The number of nitrogens with zero attached hydrogens (tertiary/aromatic N) is 4. The first-order valence-corrected chi connectivity index (χ1v) is 8.50. The minimum absolute atomic E-state index is 0.102. The Morgan fingerprint density at radius 1 is 1.40 bits per heavy atom. The van der Waals surface area contributed by atoms with Gasteiger partial charge in [-0.15, -0.1) is 0 Å². The minimum atomic E-state index is -0.191. The summed E-state index contributed by atoms with van der Waals surface area (Å²) in [6, 6.07) is 5.88. The number of H-pyrrole nitrogens is 1. The van der Waals surface area contributed by atoms with E-state index in [-0.39, 0.29) is 12.0 Å². The third-order valence-corrected chi connectivity index (χ3v) is 4.57. The second kappa shape index (κ2) is 7.23. The van der Waals surface area contributed by atoms with Gasteiger partial charge in [0, 0.05) is 31.9 Å². The lowest BCUT2D eigenvalue weighted by Gasteiger charge is -2.33. The van der Waals surface area contributed by atoms with E-state index in [9.17, 15) is 4.79 Å². The van der Waals surface area contributed by atoms with Gasteiger partial charge in [-0.25, -0.2) is 4.98 Å². The van der Waals surface area contributed by atoms with Crippen LogP contribution in [0.4, 0.5) is 5.82 Å². The maximum absolute atomic E-state index is 12.7. The zero-order valence-corrected chi connectivity index (χ0v) is 15.2. The van der Waals surface area contributed by atoms with Crippen molar-refractivity contribution in [2.24, 2.45) is 0 Å². The van der Waals surface area contributed by atoms with Crippen LogP contribution in [0.1, 0.15) is 28.7 Å². The Labute approximate surface area is 148 Å². The molecule has 1 aliphatic rings. The van der Waals surface area contributed by atoms with Gasteiger partial charge in [0.25, 0.3) is 0 Å². The Morgan fingerprint density at radius 2 is 2.20 bits per heavy atom. The number of anilines is 1. The predicted octanol–water partition coefficient (Wildman–Crippen LogP) is 1.63. The molecule has 0 saturated carbocycles. The maximum Gasteiger partial charge on any atom is 0.227 e. The number of aromatic nitrogens is 3. The summed E-state index contributed by atoms with van der Waals surface area (Å²) in [6.07, 6.45) is 0.177. The van der Waals surface area contributed by atoms with E-state index in [1.165, 1.54) is 0 Å². The zero-order valence-electron chi connectivity index (χ0n) is 15.2. The zero-order chi connectivity index (χ0) is 18.0. The normalized spacial score (nSPS) is 17.6. The van der Waals surface area contributed by atoms with Crippen LogP contribution in [0, 0.1) is 13.8 Å². The summed E-state index contributed by atoms with van der Waals surface area (Å²) in [5.41, 5.74) is 3.69. The number of aromatic amines is 1. The number of hydrogen-bond donors (Lipinski definition) is 1. The molecule has 1 atom stereocenters. The van der Waals surface area contributed by atoms with Gasteiger partial charge >= 0.3 is 0 Å². The Hall–Kier alpha value is -2.41. The Bertz CT molecular complexity index is 736. The molecule has 0 unspecified atom stereocenters. The van der Waals surface area contributed by atoms with E-state index in [0.717, 1.165) is 28.5 Å². The van der Waals surface area contributed by atoms with Gasteiger partial charge < -0.3 is 14.5 Å². The molecular weight excluding hydrogens is 318 g/mol. The number of aryl methyl sites for hydroxylation is 2. The third kappa shape index (κ3) is 3.82. The maximum atomic E-state index is 12.7. The highest BCUT2D eigenvalue weighted by Gasteiger charge is 2.27. The van der Waals surface area contributed by atoms with Crippen LogP contribution in [-0.2, 0) is 16.0 Å². The molecule has 7 heteroatoms. The first kappa shape index (κ1) is 17.4. The molecule has 1 aliphatic heterocycles. The summed E-state index contributed by atoms with van der Waals surface area (Å²) >= 11 is 0. The van der Waals surface area contributed by atoms with Crippen molar-refractivity contribution in [3.63, 3.8) is 0 Å². The number of pyridine rings is 1. The lowest BCUT2D eigenvalue weighted by atomic mass is 10.1. The fourth-order valence-electron chi connectivity index (χ4n) is 3.02. The van der Waals surface area contributed by atoms with E-state index >= 15 is 0 Å². The molecule has 0 radical (unpaired) electrons. The van der Waals surface area contributed by atoms with Gasteiger partial charge in [0.2, 0.25) is 5.91 Å². The van der Waals surface area contributed by atoms with Gasteiger partial charge in [-0.2, -0.15) is 5.10 Å². The monoisotopic (exact) mass is 343 g/mol. The van der Waals surface area contributed by atoms with Crippen LogP contribution in [0.15, 0.2) is 18.2 Å². The van der Waals surface area contributed by atoms with Crippen LogP contribution < -0.4 is 4.90 Å². The standard InChI is InChI=1S/C18H25N5O2/c1-12-14(13(2)21-20-12)10-18(24)23-8-9-25-16(11-23)15-6-5-7-17(19-15)22(3)4/h5-7,16H,8-11H2,1-4H3,(H,20,21)/t16-/m0/s1. The van der Waals surface area contributed by atoms with Crippen LogP contribution in [0.5, 0.6) is 0 Å². The number of rotatable bonds is 4. The average Bonchev–Trinajstić information content (AvgIpc) is 2.94. The molecule has 3 heterocycles. The molecule has 2 aromatic heterocycles. The van der Waals surface area contributed by atoms with Crippen LogP contribution in [0.2, 0.25) is 0 Å². The van der Waals surface area contributed by atoms with Crippen LogP contribution in [0.25, 0.3) is 0 Å². The van der Waals surface area contributed by atoms with E-state index in [2.05, 4.69) is 15.2 Å². The molecule has 1 saturated heterocycles. The number of hydrogen-bond acceptors (Lipinski definition) is 5. The first-order valence-electron chi connectivity index (χ1n) is 8.50. The second-order valence-electron chi connectivity index (χ2n) is 6.60. The van der Waals surface area contributed by atoms with Crippen molar-refractivity contribution in [3.8, 4) is 0 Å². The van der Waals surface area contributed by atoms with E-state index in [1.807, 2.05) is 55.9 Å².